The first kappa shape index (κ1) is 10.5. The molecule has 1 saturated carbocycles. The number of H-pyrrole nitrogens is 1. The van der Waals surface area contributed by atoms with Crippen LogP contribution in [0.1, 0.15) is 31.2 Å². The minimum absolute atomic E-state index is 0.0740. The summed E-state index contributed by atoms with van der Waals surface area (Å²) in [6.45, 7) is 0.405. The Morgan fingerprint density at radius 2 is 2.00 bits per heavy atom. The average Bonchev–Trinajstić information content (AvgIpc) is 2.72. The van der Waals surface area contributed by atoms with Gasteiger partial charge >= 0.3 is 0 Å². The van der Waals surface area contributed by atoms with Gasteiger partial charge in [-0.15, -0.1) is 0 Å². The van der Waals surface area contributed by atoms with Crippen LogP contribution in [-0.4, -0.2) is 22.7 Å². The monoisotopic (exact) mass is 215 g/mol. The van der Waals surface area contributed by atoms with Crippen LogP contribution in [0, 0.1) is 0 Å². The molecule has 5 heteroatoms. The van der Waals surface area contributed by atoms with Crippen molar-refractivity contribution < 1.29 is 8.78 Å². The summed E-state index contributed by atoms with van der Waals surface area (Å²) < 4.78 is 26.1. The number of aromatic nitrogens is 2. The van der Waals surface area contributed by atoms with Crippen molar-refractivity contribution in [1.82, 2.24) is 10.2 Å². The number of halogens is 2. The Kier molecular flexibility index (Phi) is 2.50. The van der Waals surface area contributed by atoms with Gasteiger partial charge in [0, 0.05) is 31.0 Å². The average molecular weight is 215 g/mol. The highest BCUT2D eigenvalue weighted by atomic mass is 19.3. The SMILES string of the molecule is NCC1(c2cn[nH]c2)CCC(F)(F)CC1. The van der Waals surface area contributed by atoms with Gasteiger partial charge in [-0.3, -0.25) is 5.10 Å². The summed E-state index contributed by atoms with van der Waals surface area (Å²) >= 11 is 0. The second kappa shape index (κ2) is 3.56. The molecule has 0 amide bonds. The number of aromatic amines is 1. The molecule has 0 radical (unpaired) electrons. The van der Waals surface area contributed by atoms with E-state index in [1.807, 2.05) is 0 Å². The summed E-state index contributed by atoms with van der Waals surface area (Å²) in [6.07, 6.45) is 4.18. The molecule has 0 bridgehead atoms. The van der Waals surface area contributed by atoms with Crippen LogP contribution in [-0.2, 0) is 5.41 Å². The second-order valence-electron chi connectivity index (χ2n) is 4.33. The molecule has 15 heavy (non-hydrogen) atoms. The molecule has 1 aliphatic rings. The van der Waals surface area contributed by atoms with Gasteiger partial charge in [0.25, 0.3) is 0 Å². The van der Waals surface area contributed by atoms with E-state index in [-0.39, 0.29) is 18.3 Å². The molecule has 1 aromatic rings. The fourth-order valence-electron chi connectivity index (χ4n) is 2.25. The van der Waals surface area contributed by atoms with Gasteiger partial charge in [-0.1, -0.05) is 0 Å². The summed E-state index contributed by atoms with van der Waals surface area (Å²) in [6, 6.07) is 0. The normalized spacial score (nSPS) is 23.9. The zero-order valence-corrected chi connectivity index (χ0v) is 8.47. The third-order valence-corrected chi connectivity index (χ3v) is 3.44. The quantitative estimate of drug-likeness (QED) is 0.790. The summed E-state index contributed by atoms with van der Waals surface area (Å²) in [7, 11) is 0. The van der Waals surface area contributed by atoms with E-state index in [4.69, 9.17) is 5.73 Å². The fourth-order valence-corrected chi connectivity index (χ4v) is 2.25. The van der Waals surface area contributed by atoms with Gasteiger partial charge in [0.15, 0.2) is 0 Å². The summed E-state index contributed by atoms with van der Waals surface area (Å²) in [5.41, 5.74) is 6.39. The standard InChI is InChI=1S/C10H15F2N3/c11-10(12)3-1-9(7-13,2-4-10)8-5-14-15-6-8/h5-6H,1-4,7,13H2,(H,14,15). The Morgan fingerprint density at radius 1 is 1.33 bits per heavy atom. The van der Waals surface area contributed by atoms with Crippen molar-refractivity contribution in [3.05, 3.63) is 18.0 Å². The summed E-state index contributed by atoms with van der Waals surface area (Å²) in [5, 5.41) is 6.57. The Morgan fingerprint density at radius 3 is 2.47 bits per heavy atom. The molecule has 2 rings (SSSR count). The van der Waals surface area contributed by atoms with E-state index in [0.29, 0.717) is 19.4 Å². The molecule has 1 aromatic heterocycles. The molecule has 0 atom stereocenters. The zero-order valence-electron chi connectivity index (χ0n) is 8.47. The Labute approximate surface area is 87.0 Å². The van der Waals surface area contributed by atoms with Crippen molar-refractivity contribution in [3.8, 4) is 0 Å². The zero-order chi connectivity index (χ0) is 10.9. The van der Waals surface area contributed by atoms with Crippen molar-refractivity contribution in [2.45, 2.75) is 37.0 Å². The Bertz CT molecular complexity index is 311. The minimum Gasteiger partial charge on any atom is -0.330 e. The molecule has 0 aromatic carbocycles. The van der Waals surface area contributed by atoms with Gasteiger partial charge in [-0.2, -0.15) is 5.10 Å². The number of hydrogen-bond donors (Lipinski definition) is 2. The van der Waals surface area contributed by atoms with Crippen LogP contribution in [0.3, 0.4) is 0 Å². The lowest BCUT2D eigenvalue weighted by Crippen LogP contribution is -2.41. The van der Waals surface area contributed by atoms with E-state index < -0.39 is 5.92 Å². The largest absolute Gasteiger partial charge is 0.330 e. The number of nitrogens with two attached hydrogens (primary N) is 1. The van der Waals surface area contributed by atoms with Crippen molar-refractivity contribution in [1.29, 1.82) is 0 Å². The molecule has 0 aliphatic heterocycles. The smallest absolute Gasteiger partial charge is 0.248 e. The highest BCUT2D eigenvalue weighted by molar-refractivity contribution is 5.21. The van der Waals surface area contributed by atoms with Crippen LogP contribution in [0.25, 0.3) is 0 Å². The lowest BCUT2D eigenvalue weighted by Gasteiger charge is -2.38. The third-order valence-electron chi connectivity index (χ3n) is 3.44. The van der Waals surface area contributed by atoms with E-state index in [2.05, 4.69) is 10.2 Å². The van der Waals surface area contributed by atoms with Crippen LogP contribution in [0.2, 0.25) is 0 Å². The highest BCUT2D eigenvalue weighted by Gasteiger charge is 2.43. The van der Waals surface area contributed by atoms with E-state index >= 15 is 0 Å². The minimum atomic E-state index is -2.51. The molecule has 3 nitrogen and oxygen atoms in total. The van der Waals surface area contributed by atoms with Crippen molar-refractivity contribution >= 4 is 0 Å². The van der Waals surface area contributed by atoms with Gasteiger partial charge in [-0.25, -0.2) is 8.78 Å². The molecular weight excluding hydrogens is 200 g/mol. The van der Waals surface area contributed by atoms with Crippen LogP contribution in [0.4, 0.5) is 8.78 Å². The lowest BCUT2D eigenvalue weighted by molar-refractivity contribution is -0.0509. The first-order chi connectivity index (χ1) is 7.08. The fraction of sp³-hybridized carbons (Fsp3) is 0.700. The topological polar surface area (TPSA) is 54.7 Å². The lowest BCUT2D eigenvalue weighted by atomic mass is 9.69. The third kappa shape index (κ3) is 1.88. The molecule has 84 valence electrons. The number of nitrogens with one attached hydrogen (secondary N) is 1. The van der Waals surface area contributed by atoms with E-state index in [0.717, 1.165) is 5.56 Å². The predicted molar refractivity (Wildman–Crippen MR) is 52.7 cm³/mol. The maximum atomic E-state index is 13.1. The predicted octanol–water partition coefficient (Wildman–Crippen LogP) is 1.82. The molecule has 3 N–H and O–H groups in total. The van der Waals surface area contributed by atoms with E-state index in [1.54, 1.807) is 12.4 Å². The van der Waals surface area contributed by atoms with Gasteiger partial charge in [0.05, 0.1) is 6.20 Å². The van der Waals surface area contributed by atoms with Crippen molar-refractivity contribution in [2.75, 3.05) is 6.54 Å². The number of rotatable bonds is 2. The van der Waals surface area contributed by atoms with Crippen LogP contribution in [0.5, 0.6) is 0 Å². The van der Waals surface area contributed by atoms with Crippen molar-refractivity contribution in [3.63, 3.8) is 0 Å². The van der Waals surface area contributed by atoms with Gasteiger partial charge in [0.1, 0.15) is 0 Å². The van der Waals surface area contributed by atoms with Crippen molar-refractivity contribution in [2.24, 2.45) is 5.73 Å². The van der Waals surface area contributed by atoms with Crippen LogP contribution < -0.4 is 5.73 Å². The van der Waals surface area contributed by atoms with Gasteiger partial charge in [-0.05, 0) is 18.4 Å². The first-order valence-electron chi connectivity index (χ1n) is 5.15. The van der Waals surface area contributed by atoms with E-state index in [1.165, 1.54) is 0 Å². The maximum absolute atomic E-state index is 13.1. The maximum Gasteiger partial charge on any atom is 0.248 e. The Hall–Kier alpha value is -0.970. The molecular formula is C10H15F2N3. The molecule has 1 aliphatic carbocycles. The van der Waals surface area contributed by atoms with Gasteiger partial charge in [0.2, 0.25) is 5.92 Å². The second-order valence-corrected chi connectivity index (χ2v) is 4.33. The van der Waals surface area contributed by atoms with E-state index in [9.17, 15) is 8.78 Å². The molecule has 0 spiro atoms. The highest BCUT2D eigenvalue weighted by Crippen LogP contribution is 2.44. The molecule has 0 saturated heterocycles. The number of alkyl halides is 2. The summed E-state index contributed by atoms with van der Waals surface area (Å²) in [4.78, 5) is 0. The summed E-state index contributed by atoms with van der Waals surface area (Å²) in [5.74, 6) is -2.51. The molecule has 1 heterocycles. The molecule has 1 fully saturated rings. The van der Waals surface area contributed by atoms with Gasteiger partial charge < -0.3 is 5.73 Å². The first-order valence-corrected chi connectivity index (χ1v) is 5.15. The number of hydrogen-bond acceptors (Lipinski definition) is 2. The van der Waals surface area contributed by atoms with Crippen LogP contribution >= 0.6 is 0 Å². The number of nitrogens with zero attached hydrogens (tertiary/aromatic N) is 1. The Balaban J connectivity index is 2.19. The van der Waals surface area contributed by atoms with Crippen LogP contribution in [0.15, 0.2) is 12.4 Å². The molecule has 0 unspecified atom stereocenters.